The number of fused-ring (bicyclic) bond motifs is 1. The van der Waals surface area contributed by atoms with Crippen LogP contribution in [-0.4, -0.2) is 30.8 Å². The van der Waals surface area contributed by atoms with Crippen molar-refractivity contribution in [3.63, 3.8) is 0 Å². The monoisotopic (exact) mass is 331 g/mol. The van der Waals surface area contributed by atoms with Gasteiger partial charge in [-0.05, 0) is 25.0 Å². The second-order valence-corrected chi connectivity index (χ2v) is 6.25. The lowest BCUT2D eigenvalue weighted by atomic mass is 10.1. The number of carboxylic acids is 1. The molecule has 120 valence electrons. The number of carboxylic acid groups (broad SMARTS) is 1. The minimum atomic E-state index is -0.935. The van der Waals surface area contributed by atoms with Crippen LogP contribution in [0, 0.1) is 6.92 Å². The fourth-order valence-corrected chi connectivity index (χ4v) is 3.65. The van der Waals surface area contributed by atoms with Crippen molar-refractivity contribution in [1.82, 2.24) is 19.7 Å². The molecule has 3 heterocycles. The van der Waals surface area contributed by atoms with Crippen LogP contribution in [0.2, 0.25) is 0 Å². The molecular weight excluding hydrogens is 314 g/mol. The van der Waals surface area contributed by atoms with E-state index in [1.165, 1.54) is 17.7 Å². The van der Waals surface area contributed by atoms with E-state index in [0.29, 0.717) is 21.1 Å². The van der Waals surface area contributed by atoms with Gasteiger partial charge in [-0.25, -0.2) is 14.8 Å². The number of nitrogens with zero attached hydrogens (tertiary/aromatic N) is 4. The van der Waals surface area contributed by atoms with E-state index >= 15 is 0 Å². The number of hydrogen-bond donors (Lipinski definition) is 2. The Morgan fingerprint density at radius 2 is 2.26 bits per heavy atom. The number of hydrogen-bond acceptors (Lipinski definition) is 6. The number of nitrogens with one attached hydrogen (secondary N) is 1. The van der Waals surface area contributed by atoms with Gasteiger partial charge in [0.2, 0.25) is 0 Å². The van der Waals surface area contributed by atoms with Gasteiger partial charge in [-0.3, -0.25) is 4.68 Å². The number of rotatable bonds is 5. The van der Waals surface area contributed by atoms with Crippen LogP contribution >= 0.6 is 11.3 Å². The predicted octanol–water partition coefficient (Wildman–Crippen LogP) is 2.99. The molecule has 0 aliphatic rings. The summed E-state index contributed by atoms with van der Waals surface area (Å²) in [7, 11) is 1.90. The molecule has 3 aromatic rings. The predicted molar refractivity (Wildman–Crippen MR) is 89.0 cm³/mol. The number of aromatic carboxylic acids is 1. The Bertz CT molecular complexity index is 870. The number of thiophene rings is 1. The summed E-state index contributed by atoms with van der Waals surface area (Å²) in [6.45, 7) is 3.87. The quantitative estimate of drug-likeness (QED) is 0.746. The van der Waals surface area contributed by atoms with Gasteiger partial charge in [-0.1, -0.05) is 6.92 Å². The standard InChI is InChI=1S/C15H17N5O2S/c1-4-9(10-5-6-18-20(10)3)19-13-11-8(2)12(15(21)22)23-14(11)17-7-16-13/h5-7,9H,4H2,1-3H3,(H,21,22)(H,16,17,19)/t9-/m1/s1. The zero-order chi connectivity index (χ0) is 16.6. The zero-order valence-corrected chi connectivity index (χ0v) is 13.9. The molecule has 0 unspecified atom stereocenters. The average molecular weight is 331 g/mol. The van der Waals surface area contributed by atoms with Gasteiger partial charge in [0.05, 0.1) is 17.1 Å². The Balaban J connectivity index is 2.06. The normalized spacial score (nSPS) is 12.5. The van der Waals surface area contributed by atoms with Gasteiger partial charge < -0.3 is 10.4 Å². The molecule has 0 radical (unpaired) electrons. The van der Waals surface area contributed by atoms with Gasteiger partial charge in [-0.15, -0.1) is 11.3 Å². The molecule has 0 spiro atoms. The molecule has 0 saturated carbocycles. The van der Waals surface area contributed by atoms with Crippen molar-refractivity contribution < 1.29 is 9.90 Å². The number of aryl methyl sites for hydroxylation is 2. The Kier molecular flexibility index (Phi) is 3.99. The smallest absolute Gasteiger partial charge is 0.346 e. The molecule has 0 amide bonds. The summed E-state index contributed by atoms with van der Waals surface area (Å²) in [5.74, 6) is -0.278. The van der Waals surface area contributed by atoms with Gasteiger partial charge in [-0.2, -0.15) is 5.10 Å². The second-order valence-electron chi connectivity index (χ2n) is 5.25. The van der Waals surface area contributed by atoms with E-state index in [1.807, 2.05) is 17.8 Å². The molecule has 0 aliphatic heterocycles. The first-order chi connectivity index (χ1) is 11.0. The SMILES string of the molecule is CC[C@@H](Nc1ncnc2sc(C(=O)O)c(C)c12)c1ccnn1C. The molecule has 23 heavy (non-hydrogen) atoms. The Morgan fingerprint density at radius 3 is 2.87 bits per heavy atom. The first-order valence-corrected chi connectivity index (χ1v) is 8.06. The summed E-state index contributed by atoms with van der Waals surface area (Å²) in [5.41, 5.74) is 1.74. The van der Waals surface area contributed by atoms with E-state index in [1.54, 1.807) is 13.1 Å². The Labute approximate surface area is 137 Å². The maximum absolute atomic E-state index is 11.3. The molecule has 8 heteroatoms. The maximum Gasteiger partial charge on any atom is 0.346 e. The highest BCUT2D eigenvalue weighted by Crippen LogP contribution is 2.34. The van der Waals surface area contributed by atoms with Crippen LogP contribution in [0.25, 0.3) is 10.2 Å². The van der Waals surface area contributed by atoms with Crippen LogP contribution < -0.4 is 5.32 Å². The van der Waals surface area contributed by atoms with Crippen molar-refractivity contribution >= 4 is 33.3 Å². The third kappa shape index (κ3) is 2.65. The Morgan fingerprint density at radius 1 is 1.48 bits per heavy atom. The molecule has 0 fully saturated rings. The topological polar surface area (TPSA) is 92.9 Å². The van der Waals surface area contributed by atoms with Crippen molar-refractivity contribution in [2.45, 2.75) is 26.3 Å². The van der Waals surface area contributed by atoms with Crippen LogP contribution in [0.5, 0.6) is 0 Å². The molecule has 0 saturated heterocycles. The molecule has 0 aliphatic carbocycles. The van der Waals surface area contributed by atoms with E-state index < -0.39 is 5.97 Å². The fraction of sp³-hybridized carbons (Fsp3) is 0.333. The highest BCUT2D eigenvalue weighted by Gasteiger charge is 2.21. The van der Waals surface area contributed by atoms with Gasteiger partial charge >= 0.3 is 5.97 Å². The molecule has 0 aromatic carbocycles. The lowest BCUT2D eigenvalue weighted by Gasteiger charge is -2.18. The second kappa shape index (κ2) is 5.96. The van der Waals surface area contributed by atoms with Gasteiger partial charge in [0.15, 0.2) is 0 Å². The minimum absolute atomic E-state index is 0.0354. The molecular formula is C15H17N5O2S. The van der Waals surface area contributed by atoms with Crippen molar-refractivity contribution in [2.24, 2.45) is 7.05 Å². The molecule has 0 bridgehead atoms. The summed E-state index contributed by atoms with van der Waals surface area (Å²) in [6, 6.07) is 2.00. The van der Waals surface area contributed by atoms with Crippen molar-refractivity contribution in [3.05, 3.63) is 34.7 Å². The summed E-state index contributed by atoms with van der Waals surface area (Å²) >= 11 is 1.17. The third-order valence-corrected chi connectivity index (χ3v) is 5.04. The molecule has 2 N–H and O–H groups in total. The highest BCUT2D eigenvalue weighted by molar-refractivity contribution is 7.20. The van der Waals surface area contributed by atoms with Crippen LogP contribution in [-0.2, 0) is 7.05 Å². The van der Waals surface area contributed by atoms with E-state index in [4.69, 9.17) is 0 Å². The molecule has 7 nitrogen and oxygen atoms in total. The van der Waals surface area contributed by atoms with E-state index in [-0.39, 0.29) is 6.04 Å². The number of aromatic nitrogens is 4. The maximum atomic E-state index is 11.3. The van der Waals surface area contributed by atoms with Gasteiger partial charge in [0.1, 0.15) is 21.9 Å². The number of anilines is 1. The largest absolute Gasteiger partial charge is 0.477 e. The van der Waals surface area contributed by atoms with Crippen LogP contribution in [0.15, 0.2) is 18.6 Å². The van der Waals surface area contributed by atoms with E-state index in [0.717, 1.165) is 17.5 Å². The van der Waals surface area contributed by atoms with Crippen LogP contribution in [0.3, 0.4) is 0 Å². The lowest BCUT2D eigenvalue weighted by Crippen LogP contribution is -2.15. The van der Waals surface area contributed by atoms with Gasteiger partial charge in [0.25, 0.3) is 0 Å². The molecule has 3 aromatic heterocycles. The average Bonchev–Trinajstić information content (AvgIpc) is 3.09. The summed E-state index contributed by atoms with van der Waals surface area (Å²) in [5, 5.41) is 17.7. The fourth-order valence-electron chi connectivity index (χ4n) is 2.66. The first kappa shape index (κ1) is 15.4. The molecule has 3 rings (SSSR count). The summed E-state index contributed by atoms with van der Waals surface area (Å²) in [6.07, 6.45) is 4.07. The molecule has 1 atom stereocenters. The lowest BCUT2D eigenvalue weighted by molar-refractivity contribution is 0.0701. The van der Waals surface area contributed by atoms with Crippen molar-refractivity contribution in [3.8, 4) is 0 Å². The summed E-state index contributed by atoms with van der Waals surface area (Å²) in [4.78, 5) is 20.9. The third-order valence-electron chi connectivity index (χ3n) is 3.86. The van der Waals surface area contributed by atoms with E-state index in [9.17, 15) is 9.90 Å². The van der Waals surface area contributed by atoms with Crippen molar-refractivity contribution in [2.75, 3.05) is 5.32 Å². The van der Waals surface area contributed by atoms with Gasteiger partial charge in [0, 0.05) is 13.2 Å². The van der Waals surface area contributed by atoms with Crippen LogP contribution in [0.1, 0.15) is 40.3 Å². The highest BCUT2D eigenvalue weighted by atomic mass is 32.1. The van der Waals surface area contributed by atoms with Crippen molar-refractivity contribution in [1.29, 1.82) is 0 Å². The zero-order valence-electron chi connectivity index (χ0n) is 13.1. The summed E-state index contributed by atoms with van der Waals surface area (Å²) < 4.78 is 1.82. The van der Waals surface area contributed by atoms with Crippen LogP contribution in [0.4, 0.5) is 5.82 Å². The van der Waals surface area contributed by atoms with E-state index in [2.05, 4.69) is 27.3 Å². The Hall–Kier alpha value is -2.48. The number of carbonyl (C=O) groups is 1. The first-order valence-electron chi connectivity index (χ1n) is 7.24. The minimum Gasteiger partial charge on any atom is -0.477 e.